The predicted octanol–water partition coefficient (Wildman–Crippen LogP) is 0.593. The zero-order valence-corrected chi connectivity index (χ0v) is 5.38. The highest BCUT2D eigenvalue weighted by molar-refractivity contribution is 7.90. The van der Waals surface area contributed by atoms with Gasteiger partial charge in [-0.1, -0.05) is 0 Å². The summed E-state index contributed by atoms with van der Waals surface area (Å²) in [5, 5.41) is 0. The molecule has 0 atom stereocenters. The van der Waals surface area contributed by atoms with E-state index in [-0.39, 0.29) is 0 Å². The molecule has 0 saturated carbocycles. The van der Waals surface area contributed by atoms with E-state index in [1.807, 2.05) is 0 Å². The summed E-state index contributed by atoms with van der Waals surface area (Å²) in [5.41, 5.74) is 0. The first-order valence-corrected chi connectivity index (χ1v) is 4.01. The van der Waals surface area contributed by atoms with Crippen LogP contribution in [0.15, 0.2) is 0 Å². The van der Waals surface area contributed by atoms with Crippen molar-refractivity contribution in [2.45, 2.75) is 6.18 Å². The second-order valence-electron chi connectivity index (χ2n) is 1.69. The number of alkyl halides is 3. The molecule has 0 bridgehead atoms. The van der Waals surface area contributed by atoms with Gasteiger partial charge in [0.05, 0.1) is 0 Å². The largest absolute Gasteiger partial charge is 0.402 e. The van der Waals surface area contributed by atoms with Gasteiger partial charge in [-0.2, -0.15) is 13.2 Å². The van der Waals surface area contributed by atoms with Crippen molar-refractivity contribution in [3.8, 4) is 0 Å². The molecule has 0 aromatic carbocycles. The Morgan fingerprint density at radius 2 is 1.67 bits per heavy atom. The van der Waals surface area contributed by atoms with Crippen LogP contribution in [-0.4, -0.2) is 26.6 Å². The molecule has 0 aliphatic carbocycles. The van der Waals surface area contributed by atoms with Crippen molar-refractivity contribution in [2.24, 2.45) is 0 Å². The van der Waals surface area contributed by atoms with E-state index in [1.54, 1.807) is 0 Å². The van der Waals surface area contributed by atoms with Crippen molar-refractivity contribution in [3.63, 3.8) is 0 Å². The maximum Gasteiger partial charge on any atom is 0.402 e. The zero-order valence-electron chi connectivity index (χ0n) is 4.57. The minimum Gasteiger partial charge on any atom is -0.229 e. The van der Waals surface area contributed by atoms with Crippen LogP contribution in [0.4, 0.5) is 13.2 Å². The fraction of sp³-hybridized carbons (Fsp3) is 1.00. The van der Waals surface area contributed by atoms with E-state index in [0.717, 1.165) is 0 Å². The highest BCUT2D eigenvalue weighted by Crippen LogP contribution is 2.16. The first-order chi connectivity index (χ1) is 3.71. The van der Waals surface area contributed by atoms with Crippen LogP contribution in [0.1, 0.15) is 0 Å². The quantitative estimate of drug-likeness (QED) is 0.565. The van der Waals surface area contributed by atoms with Crippen molar-refractivity contribution in [2.75, 3.05) is 12.0 Å². The third kappa shape index (κ3) is 7.74. The van der Waals surface area contributed by atoms with Gasteiger partial charge in [0, 0.05) is 6.26 Å². The lowest BCUT2D eigenvalue weighted by Crippen LogP contribution is -2.21. The first kappa shape index (κ1) is 8.74. The normalized spacial score (nSPS) is 13.8. The Bertz CT molecular complexity index is 178. The monoisotopic (exact) mass is 162 g/mol. The SMILES string of the molecule is CS(=O)(=O)CC(F)(F)F. The molecular weight excluding hydrogens is 157 g/mol. The molecule has 0 aromatic heterocycles. The standard InChI is InChI=1S/C3H5F3O2S/c1-9(7,8)2-3(4,5)6/h2H2,1H3. The van der Waals surface area contributed by atoms with Gasteiger partial charge in [-0.05, 0) is 0 Å². The Balaban J connectivity index is 4.07. The Morgan fingerprint density at radius 1 is 1.33 bits per heavy atom. The van der Waals surface area contributed by atoms with Gasteiger partial charge in [-0.3, -0.25) is 0 Å². The van der Waals surface area contributed by atoms with Crippen LogP contribution in [0.5, 0.6) is 0 Å². The molecule has 0 spiro atoms. The van der Waals surface area contributed by atoms with Crippen LogP contribution < -0.4 is 0 Å². The van der Waals surface area contributed by atoms with Crippen LogP contribution >= 0.6 is 0 Å². The predicted molar refractivity (Wildman–Crippen MR) is 25.8 cm³/mol. The molecule has 0 aromatic rings. The number of rotatable bonds is 1. The summed E-state index contributed by atoms with van der Waals surface area (Å²) in [4.78, 5) is 0. The highest BCUT2D eigenvalue weighted by atomic mass is 32.2. The molecule has 0 fully saturated rings. The average Bonchev–Trinajstić information content (AvgIpc) is 1.14. The Labute approximate surface area is 50.6 Å². The Hall–Kier alpha value is -0.260. The van der Waals surface area contributed by atoms with Crippen molar-refractivity contribution >= 4 is 9.84 Å². The molecular formula is C3H5F3O2S. The maximum absolute atomic E-state index is 11.2. The summed E-state index contributed by atoms with van der Waals surface area (Å²) < 4.78 is 53.4. The lowest BCUT2D eigenvalue weighted by molar-refractivity contribution is -0.106. The lowest BCUT2D eigenvalue weighted by atomic mass is 10.8. The second kappa shape index (κ2) is 2.17. The van der Waals surface area contributed by atoms with E-state index < -0.39 is 21.8 Å². The molecule has 0 unspecified atom stereocenters. The molecule has 0 saturated heterocycles. The molecule has 9 heavy (non-hydrogen) atoms. The molecule has 0 aliphatic heterocycles. The molecule has 56 valence electrons. The van der Waals surface area contributed by atoms with E-state index >= 15 is 0 Å². The third-order valence-electron chi connectivity index (χ3n) is 0.426. The van der Waals surface area contributed by atoms with Gasteiger partial charge in [0.1, 0.15) is 5.75 Å². The third-order valence-corrected chi connectivity index (χ3v) is 1.28. The molecule has 0 amide bonds. The van der Waals surface area contributed by atoms with Gasteiger partial charge in [0.2, 0.25) is 0 Å². The number of halogens is 3. The summed E-state index contributed by atoms with van der Waals surface area (Å²) in [6, 6.07) is 0. The topological polar surface area (TPSA) is 34.1 Å². The number of sulfone groups is 1. The Morgan fingerprint density at radius 3 is 1.67 bits per heavy atom. The summed E-state index contributed by atoms with van der Waals surface area (Å²) in [6.45, 7) is 0. The van der Waals surface area contributed by atoms with E-state index in [1.165, 1.54) is 0 Å². The molecule has 0 radical (unpaired) electrons. The van der Waals surface area contributed by atoms with Crippen LogP contribution in [0.2, 0.25) is 0 Å². The second-order valence-corrected chi connectivity index (χ2v) is 3.83. The van der Waals surface area contributed by atoms with E-state index in [9.17, 15) is 21.6 Å². The van der Waals surface area contributed by atoms with E-state index in [0.29, 0.717) is 6.26 Å². The van der Waals surface area contributed by atoms with Crippen LogP contribution in [0.25, 0.3) is 0 Å². The van der Waals surface area contributed by atoms with Gasteiger partial charge in [-0.15, -0.1) is 0 Å². The van der Waals surface area contributed by atoms with Crippen LogP contribution in [0, 0.1) is 0 Å². The molecule has 0 heterocycles. The molecule has 2 nitrogen and oxygen atoms in total. The van der Waals surface area contributed by atoms with E-state index in [2.05, 4.69) is 0 Å². The Kier molecular flexibility index (Phi) is 2.10. The molecule has 0 N–H and O–H groups in total. The lowest BCUT2D eigenvalue weighted by Gasteiger charge is -2.01. The van der Waals surface area contributed by atoms with Crippen LogP contribution in [-0.2, 0) is 9.84 Å². The first-order valence-electron chi connectivity index (χ1n) is 1.95. The fourth-order valence-electron chi connectivity index (χ4n) is 0.297. The van der Waals surface area contributed by atoms with Crippen molar-refractivity contribution in [1.29, 1.82) is 0 Å². The minimum atomic E-state index is -4.60. The minimum absolute atomic E-state index is 0.542. The van der Waals surface area contributed by atoms with Crippen molar-refractivity contribution in [3.05, 3.63) is 0 Å². The summed E-state index contributed by atoms with van der Waals surface area (Å²) in [7, 11) is -3.91. The van der Waals surface area contributed by atoms with Crippen molar-refractivity contribution < 1.29 is 21.6 Å². The van der Waals surface area contributed by atoms with Gasteiger partial charge in [-0.25, -0.2) is 8.42 Å². The average molecular weight is 162 g/mol. The fourth-order valence-corrected chi connectivity index (χ4v) is 0.892. The number of hydrogen-bond acceptors (Lipinski definition) is 2. The summed E-state index contributed by atoms with van der Waals surface area (Å²) >= 11 is 0. The maximum atomic E-state index is 11.2. The van der Waals surface area contributed by atoms with Gasteiger partial charge in [0.25, 0.3) is 0 Å². The van der Waals surface area contributed by atoms with Gasteiger partial charge >= 0.3 is 6.18 Å². The molecule has 0 aliphatic rings. The van der Waals surface area contributed by atoms with Gasteiger partial charge in [0.15, 0.2) is 9.84 Å². The molecule has 6 heteroatoms. The summed E-state index contributed by atoms with van der Waals surface area (Å²) in [6.07, 6.45) is -4.06. The molecule has 0 rings (SSSR count). The number of hydrogen-bond donors (Lipinski definition) is 0. The van der Waals surface area contributed by atoms with E-state index in [4.69, 9.17) is 0 Å². The van der Waals surface area contributed by atoms with Crippen LogP contribution in [0.3, 0.4) is 0 Å². The smallest absolute Gasteiger partial charge is 0.229 e. The highest BCUT2D eigenvalue weighted by Gasteiger charge is 2.32. The van der Waals surface area contributed by atoms with Gasteiger partial charge < -0.3 is 0 Å². The van der Waals surface area contributed by atoms with Crippen molar-refractivity contribution in [1.82, 2.24) is 0 Å². The summed E-state index contributed by atoms with van der Waals surface area (Å²) in [5.74, 6) is -1.74. The zero-order chi connectivity index (χ0) is 7.71.